The van der Waals surface area contributed by atoms with Gasteiger partial charge in [-0.3, -0.25) is 9.98 Å². The van der Waals surface area contributed by atoms with Crippen molar-refractivity contribution in [2.75, 3.05) is 0 Å². The summed E-state index contributed by atoms with van der Waals surface area (Å²) in [7, 11) is 0. The third-order valence-corrected chi connectivity index (χ3v) is 14.0. The van der Waals surface area contributed by atoms with E-state index in [1.165, 1.54) is 0 Å². The molecule has 1 aliphatic carbocycles. The first-order valence-electron chi connectivity index (χ1n) is 23.8. The molecule has 0 N–H and O–H groups in total. The Balaban J connectivity index is 0.00000539. The molecular formula is C58H56N6OPt. The maximum Gasteiger partial charge on any atom is 2.00 e. The average Bonchev–Trinajstić information content (AvgIpc) is 3.87. The Morgan fingerprint density at radius 1 is 0.758 bits per heavy atom. The van der Waals surface area contributed by atoms with Crippen molar-refractivity contribution < 1.29 is 28.5 Å². The van der Waals surface area contributed by atoms with Crippen molar-refractivity contribution in [1.29, 1.82) is 0 Å². The molecule has 0 amide bonds. The summed E-state index contributed by atoms with van der Waals surface area (Å²) in [6.07, 6.45) is 0.389. The molecule has 5 aromatic heterocycles. The molecule has 8 heteroatoms. The zero-order chi connectivity index (χ0) is 47.3. The van der Waals surface area contributed by atoms with Crippen LogP contribution < -0.4 is 0 Å². The number of rotatable bonds is 4. The van der Waals surface area contributed by atoms with E-state index >= 15 is 0 Å². The van der Waals surface area contributed by atoms with Crippen LogP contribution in [0.4, 0.5) is 0 Å². The molecule has 2 aliphatic rings. The molecule has 334 valence electrons. The molecule has 7 nitrogen and oxygen atoms in total. The topological polar surface area (TPSA) is 70.1 Å². The standard InChI is InChI=1S/C58H56N6O.Pt/c1-33-20-22-47-42(25-33)43-26-34(2)49(64-48-23-21-45(37-17-14-13-15-18-37)61-52(48)41-19-16-24-59-53(41)64)30-50(43)63(47)40-28-38(27-39(29-40)55(5,6)7)54-62-57(11)32-46-44(31-58(57,12)65-54)35(3)51(36(4)60-46)56(8,9)10;/h13-27,29H,31-32H2,1-12H3;/q-2;+2/t57-,58-;/m0./s1/i32D2;. The number of pyridine rings is 3. The van der Waals surface area contributed by atoms with Crippen molar-refractivity contribution in [2.45, 2.75) is 118 Å². The fourth-order valence-electron chi connectivity index (χ4n) is 10.6. The number of aromatic nitrogens is 5. The second-order valence-electron chi connectivity index (χ2n) is 20.9. The van der Waals surface area contributed by atoms with E-state index in [-0.39, 0.29) is 31.9 Å². The molecule has 0 saturated carbocycles. The van der Waals surface area contributed by atoms with E-state index in [0.717, 1.165) is 106 Å². The minimum atomic E-state index is -1.93. The van der Waals surface area contributed by atoms with E-state index in [2.05, 4.69) is 150 Å². The number of nitrogens with zero attached hydrogens (tertiary/aromatic N) is 6. The van der Waals surface area contributed by atoms with E-state index in [9.17, 15) is 2.74 Å². The first-order valence-corrected chi connectivity index (χ1v) is 22.8. The third kappa shape index (κ3) is 6.70. The molecule has 1 aliphatic heterocycles. The number of aryl methyl sites for hydroxylation is 3. The van der Waals surface area contributed by atoms with Gasteiger partial charge < -0.3 is 13.9 Å². The average molecular weight is 1050 g/mol. The Morgan fingerprint density at radius 2 is 1.52 bits per heavy atom. The molecule has 0 fully saturated rings. The van der Waals surface area contributed by atoms with E-state index in [1.54, 1.807) is 0 Å². The molecule has 11 rings (SSSR count). The van der Waals surface area contributed by atoms with Crippen molar-refractivity contribution in [2.24, 2.45) is 4.99 Å². The molecule has 0 spiro atoms. The van der Waals surface area contributed by atoms with Crippen LogP contribution in [0.25, 0.3) is 66.5 Å². The van der Waals surface area contributed by atoms with Crippen LogP contribution in [0.1, 0.15) is 108 Å². The molecule has 0 unspecified atom stereocenters. The number of ether oxygens (including phenoxy) is 1. The van der Waals surface area contributed by atoms with Crippen LogP contribution >= 0.6 is 0 Å². The molecule has 9 aromatic rings. The van der Waals surface area contributed by atoms with Crippen LogP contribution in [-0.2, 0) is 49.4 Å². The van der Waals surface area contributed by atoms with Crippen LogP contribution in [0, 0.1) is 39.8 Å². The first kappa shape index (κ1) is 41.5. The number of hydrogen-bond donors (Lipinski definition) is 0. The van der Waals surface area contributed by atoms with Gasteiger partial charge in [0.15, 0.2) is 0 Å². The maximum atomic E-state index is 9.86. The van der Waals surface area contributed by atoms with Crippen molar-refractivity contribution in [3.05, 3.63) is 160 Å². The largest absolute Gasteiger partial charge is 2.00 e. The third-order valence-electron chi connectivity index (χ3n) is 14.0. The Bertz CT molecular complexity index is 3610. The summed E-state index contributed by atoms with van der Waals surface area (Å²) < 4.78 is 31.3. The first-order chi connectivity index (χ1) is 31.6. The molecule has 2 atom stereocenters. The van der Waals surface area contributed by atoms with Crippen LogP contribution in [0.5, 0.6) is 0 Å². The molecular weight excluding hydrogens is 992 g/mol. The van der Waals surface area contributed by atoms with Gasteiger partial charge in [0.1, 0.15) is 17.1 Å². The second kappa shape index (κ2) is 15.1. The quantitative estimate of drug-likeness (QED) is 0.165. The van der Waals surface area contributed by atoms with Crippen LogP contribution in [0.15, 0.2) is 102 Å². The van der Waals surface area contributed by atoms with E-state index in [4.69, 9.17) is 24.7 Å². The van der Waals surface area contributed by atoms with Gasteiger partial charge in [0, 0.05) is 49.6 Å². The summed E-state index contributed by atoms with van der Waals surface area (Å²) in [6, 6.07) is 39.6. The second-order valence-corrected chi connectivity index (χ2v) is 20.9. The molecule has 4 aromatic carbocycles. The van der Waals surface area contributed by atoms with Crippen molar-refractivity contribution in [3.63, 3.8) is 0 Å². The Hall–Kier alpha value is -5.91. The number of hydrogen-bond acceptors (Lipinski definition) is 5. The van der Waals surface area contributed by atoms with Crippen molar-refractivity contribution >= 4 is 49.8 Å². The number of aliphatic imine (C=N–C) groups is 1. The number of benzene rings is 4. The summed E-state index contributed by atoms with van der Waals surface area (Å²) >= 11 is 0. The zero-order valence-electron chi connectivity index (χ0n) is 41.9. The van der Waals surface area contributed by atoms with E-state index in [0.29, 0.717) is 23.6 Å². The van der Waals surface area contributed by atoms with Crippen molar-refractivity contribution in [1.82, 2.24) is 24.1 Å². The van der Waals surface area contributed by atoms with Crippen molar-refractivity contribution in [3.8, 4) is 22.6 Å². The van der Waals surface area contributed by atoms with Gasteiger partial charge in [-0.15, -0.1) is 40.8 Å². The predicted octanol–water partition coefficient (Wildman–Crippen LogP) is 13.3. The summed E-state index contributed by atoms with van der Waals surface area (Å²) in [5.74, 6) is 0.385. The fraction of sp³-hybridized carbons (Fsp3) is 0.310. The maximum absolute atomic E-state index is 9.86. The Labute approximate surface area is 405 Å². The van der Waals surface area contributed by atoms with Gasteiger partial charge in [-0.1, -0.05) is 113 Å². The molecule has 6 heterocycles. The SMILES string of the molecule is [2H]C1([2H])c2nc(C)c(C(C)(C)C)c(C)c2C[C@]2(C)OC(c3[c-]c(-n4c5[c-]c(-n6c7ccc(-c8ccccc8)nc7c7cccnc76)c(C)cc5c5cc(C)ccc54)cc(C(C)(C)C)c3)=N[C@@]12C.[Pt+2]. The summed E-state index contributed by atoms with van der Waals surface area (Å²) in [4.78, 5) is 20.6. The van der Waals surface area contributed by atoms with Gasteiger partial charge >= 0.3 is 21.1 Å². The molecule has 66 heavy (non-hydrogen) atoms. The normalized spacial score (nSPS) is 19.6. The van der Waals surface area contributed by atoms with Gasteiger partial charge in [-0.05, 0) is 104 Å². The molecule has 0 saturated heterocycles. The number of fused-ring (bicyclic) bond motifs is 8. The van der Waals surface area contributed by atoms with Crippen LogP contribution in [0.3, 0.4) is 0 Å². The summed E-state index contributed by atoms with van der Waals surface area (Å²) in [5, 5.41) is 3.16. The predicted molar refractivity (Wildman–Crippen MR) is 266 cm³/mol. The van der Waals surface area contributed by atoms with Gasteiger partial charge in [-0.2, -0.15) is 6.07 Å². The van der Waals surface area contributed by atoms with Crippen LogP contribution in [-0.4, -0.2) is 41.1 Å². The van der Waals surface area contributed by atoms with E-state index < -0.39 is 17.5 Å². The smallest absolute Gasteiger partial charge is 0.511 e. The van der Waals surface area contributed by atoms with Gasteiger partial charge in [0.2, 0.25) is 0 Å². The van der Waals surface area contributed by atoms with Gasteiger partial charge in [0.25, 0.3) is 0 Å². The van der Waals surface area contributed by atoms with E-state index in [1.807, 2.05) is 51.2 Å². The monoisotopic (exact) mass is 1050 g/mol. The fourth-order valence-corrected chi connectivity index (χ4v) is 10.6. The van der Waals surface area contributed by atoms with Crippen LogP contribution in [0.2, 0.25) is 0 Å². The molecule has 0 bridgehead atoms. The molecule has 0 radical (unpaired) electrons. The van der Waals surface area contributed by atoms with Gasteiger partial charge in [0.05, 0.1) is 22.3 Å². The zero-order valence-corrected chi connectivity index (χ0v) is 42.1. The van der Waals surface area contributed by atoms with Gasteiger partial charge in [-0.25, -0.2) is 9.97 Å². The minimum Gasteiger partial charge on any atom is -0.511 e. The summed E-state index contributed by atoms with van der Waals surface area (Å²) in [6.45, 7) is 25.5. The Morgan fingerprint density at radius 3 is 2.26 bits per heavy atom. The Kier molecular flexibility index (Phi) is 9.47. The minimum absolute atomic E-state index is 0. The summed E-state index contributed by atoms with van der Waals surface area (Å²) in [5.41, 5.74) is 14.0.